The molecular formula is C19H21BrN2O3S. The second kappa shape index (κ2) is 7.90. The van der Waals surface area contributed by atoms with E-state index in [1.807, 2.05) is 18.2 Å². The van der Waals surface area contributed by atoms with Crippen LogP contribution in [0.3, 0.4) is 0 Å². The zero-order valence-electron chi connectivity index (χ0n) is 14.6. The largest absolute Gasteiger partial charge is 0.337 e. The third kappa shape index (κ3) is 4.00. The highest BCUT2D eigenvalue weighted by atomic mass is 79.9. The van der Waals surface area contributed by atoms with Crippen LogP contribution in [-0.4, -0.2) is 43.2 Å². The summed E-state index contributed by atoms with van der Waals surface area (Å²) < 4.78 is 27.7. The van der Waals surface area contributed by atoms with Gasteiger partial charge in [0.2, 0.25) is 15.9 Å². The van der Waals surface area contributed by atoms with Gasteiger partial charge in [0.25, 0.3) is 0 Å². The van der Waals surface area contributed by atoms with E-state index in [1.165, 1.54) is 9.87 Å². The van der Waals surface area contributed by atoms with Crippen LogP contribution in [0.5, 0.6) is 0 Å². The zero-order chi connectivity index (χ0) is 18.7. The van der Waals surface area contributed by atoms with Crippen LogP contribution in [0.15, 0.2) is 57.9 Å². The van der Waals surface area contributed by atoms with E-state index in [0.29, 0.717) is 13.1 Å². The first-order valence-corrected chi connectivity index (χ1v) is 10.8. The lowest BCUT2D eigenvalue weighted by atomic mass is 10.00. The Labute approximate surface area is 162 Å². The molecule has 3 rings (SSSR count). The average molecular weight is 437 g/mol. The molecule has 0 unspecified atom stereocenters. The number of fused-ring (bicyclic) bond motifs is 1. The molecule has 1 amide bonds. The Bertz CT molecular complexity index is 897. The van der Waals surface area contributed by atoms with Crippen LogP contribution in [0.2, 0.25) is 0 Å². The lowest BCUT2D eigenvalue weighted by molar-refractivity contribution is -0.132. The number of likely N-dealkylation sites (N-methyl/N-ethyl adjacent to an activating group) is 1. The Morgan fingerprint density at radius 3 is 2.42 bits per heavy atom. The quantitative estimate of drug-likeness (QED) is 0.723. The Kier molecular flexibility index (Phi) is 5.79. The molecule has 0 saturated carbocycles. The van der Waals surface area contributed by atoms with Crippen LogP contribution in [0.1, 0.15) is 18.1 Å². The number of nitrogens with zero attached hydrogens (tertiary/aromatic N) is 2. The first-order valence-electron chi connectivity index (χ1n) is 8.52. The summed E-state index contributed by atoms with van der Waals surface area (Å²) in [5, 5.41) is 0. The molecule has 2 aromatic carbocycles. The summed E-state index contributed by atoms with van der Waals surface area (Å²) in [7, 11) is -3.70. The van der Waals surface area contributed by atoms with Crippen LogP contribution in [0.25, 0.3) is 0 Å². The lowest BCUT2D eigenvalue weighted by Crippen LogP contribution is -2.44. The van der Waals surface area contributed by atoms with Crippen LogP contribution >= 0.6 is 15.9 Å². The van der Waals surface area contributed by atoms with E-state index in [9.17, 15) is 13.2 Å². The molecule has 0 spiro atoms. The average Bonchev–Trinajstić information content (AvgIpc) is 2.65. The third-order valence-electron chi connectivity index (χ3n) is 4.60. The maximum atomic E-state index is 12.8. The smallest absolute Gasteiger partial charge is 0.243 e. The Hall–Kier alpha value is -1.70. The predicted octanol–water partition coefficient (Wildman–Crippen LogP) is 3.04. The van der Waals surface area contributed by atoms with Crippen molar-refractivity contribution in [3.8, 4) is 0 Å². The fraction of sp³-hybridized carbons (Fsp3) is 0.316. The van der Waals surface area contributed by atoms with Crippen molar-refractivity contribution in [3.05, 3.63) is 64.1 Å². The monoisotopic (exact) mass is 436 g/mol. The predicted molar refractivity (Wildman–Crippen MR) is 104 cm³/mol. The summed E-state index contributed by atoms with van der Waals surface area (Å²) >= 11 is 3.30. The molecule has 138 valence electrons. The molecular weight excluding hydrogens is 416 g/mol. The van der Waals surface area contributed by atoms with Gasteiger partial charge in [-0.2, -0.15) is 4.31 Å². The van der Waals surface area contributed by atoms with Gasteiger partial charge in [-0.15, -0.1) is 0 Å². The third-order valence-corrected chi connectivity index (χ3v) is 7.06. The maximum Gasteiger partial charge on any atom is 0.243 e. The maximum absolute atomic E-state index is 12.8. The van der Waals surface area contributed by atoms with Gasteiger partial charge in [-0.3, -0.25) is 4.79 Å². The van der Waals surface area contributed by atoms with Gasteiger partial charge in [0.1, 0.15) is 0 Å². The van der Waals surface area contributed by atoms with E-state index >= 15 is 0 Å². The molecule has 0 N–H and O–H groups in total. The molecule has 0 radical (unpaired) electrons. The Morgan fingerprint density at radius 1 is 1.12 bits per heavy atom. The fourth-order valence-corrected chi connectivity index (χ4v) is 4.74. The minimum absolute atomic E-state index is 0.142. The van der Waals surface area contributed by atoms with Gasteiger partial charge in [0.15, 0.2) is 0 Å². The molecule has 2 aromatic rings. The van der Waals surface area contributed by atoms with Crippen molar-refractivity contribution in [3.63, 3.8) is 0 Å². The molecule has 1 aliphatic rings. The number of rotatable bonds is 5. The highest BCUT2D eigenvalue weighted by Gasteiger charge is 2.28. The highest BCUT2D eigenvalue weighted by Crippen LogP contribution is 2.21. The first-order chi connectivity index (χ1) is 12.4. The molecule has 5 nitrogen and oxygen atoms in total. The van der Waals surface area contributed by atoms with E-state index < -0.39 is 10.0 Å². The summed E-state index contributed by atoms with van der Waals surface area (Å²) in [6, 6.07) is 14.5. The van der Waals surface area contributed by atoms with Gasteiger partial charge in [-0.05, 0) is 41.8 Å². The van der Waals surface area contributed by atoms with Crippen LogP contribution in [0.4, 0.5) is 0 Å². The standard InChI is InChI=1S/C19H21BrN2O3S/c1-2-22(26(24,25)18-9-7-17(20)8-10-18)14-19(23)21-12-11-15-5-3-4-6-16(15)13-21/h3-10H,2,11-14H2,1H3. The Morgan fingerprint density at radius 2 is 1.77 bits per heavy atom. The van der Waals surface area contributed by atoms with E-state index in [1.54, 1.807) is 36.1 Å². The van der Waals surface area contributed by atoms with Crippen molar-refractivity contribution in [2.24, 2.45) is 0 Å². The molecule has 0 saturated heterocycles. The van der Waals surface area contributed by atoms with E-state index in [4.69, 9.17) is 0 Å². The number of carbonyl (C=O) groups is 1. The van der Waals surface area contributed by atoms with Crippen molar-refractivity contribution >= 4 is 31.9 Å². The number of hydrogen-bond acceptors (Lipinski definition) is 3. The van der Waals surface area contributed by atoms with Crippen LogP contribution in [0, 0.1) is 0 Å². The van der Waals surface area contributed by atoms with Crippen molar-refractivity contribution in [2.45, 2.75) is 24.8 Å². The molecule has 0 fully saturated rings. The van der Waals surface area contributed by atoms with Gasteiger partial charge < -0.3 is 4.90 Å². The van der Waals surface area contributed by atoms with Gasteiger partial charge in [-0.25, -0.2) is 8.42 Å². The number of hydrogen-bond donors (Lipinski definition) is 0. The molecule has 1 heterocycles. The van der Waals surface area contributed by atoms with Crippen LogP contribution in [-0.2, 0) is 27.8 Å². The number of sulfonamides is 1. The van der Waals surface area contributed by atoms with Gasteiger partial charge in [0, 0.05) is 24.1 Å². The summed E-state index contributed by atoms with van der Waals surface area (Å²) in [6.07, 6.45) is 0.799. The molecule has 26 heavy (non-hydrogen) atoms. The second-order valence-corrected chi connectivity index (χ2v) is 9.07. The topological polar surface area (TPSA) is 57.7 Å². The summed E-state index contributed by atoms with van der Waals surface area (Å²) in [4.78, 5) is 14.7. The van der Waals surface area contributed by atoms with Crippen molar-refractivity contribution in [2.75, 3.05) is 19.6 Å². The van der Waals surface area contributed by atoms with Crippen molar-refractivity contribution < 1.29 is 13.2 Å². The summed E-state index contributed by atoms with van der Waals surface area (Å²) in [5.74, 6) is -0.165. The molecule has 7 heteroatoms. The van der Waals surface area contributed by atoms with Crippen molar-refractivity contribution in [1.29, 1.82) is 0 Å². The van der Waals surface area contributed by atoms with Crippen molar-refractivity contribution in [1.82, 2.24) is 9.21 Å². The lowest BCUT2D eigenvalue weighted by Gasteiger charge is -2.30. The molecule has 1 aliphatic heterocycles. The zero-order valence-corrected chi connectivity index (χ0v) is 17.0. The first kappa shape index (κ1) is 19.1. The molecule has 0 atom stereocenters. The van der Waals surface area contributed by atoms with E-state index in [-0.39, 0.29) is 23.9 Å². The number of carbonyl (C=O) groups excluding carboxylic acids is 1. The van der Waals surface area contributed by atoms with E-state index in [2.05, 4.69) is 22.0 Å². The minimum Gasteiger partial charge on any atom is -0.337 e. The van der Waals surface area contributed by atoms with Gasteiger partial charge >= 0.3 is 0 Å². The molecule has 0 aromatic heterocycles. The molecule has 0 bridgehead atoms. The number of halogens is 1. The second-order valence-electron chi connectivity index (χ2n) is 6.22. The highest BCUT2D eigenvalue weighted by molar-refractivity contribution is 9.10. The van der Waals surface area contributed by atoms with E-state index in [0.717, 1.165) is 16.5 Å². The summed E-state index contributed by atoms with van der Waals surface area (Å²) in [5.41, 5.74) is 2.39. The molecule has 0 aliphatic carbocycles. The fourth-order valence-electron chi connectivity index (χ4n) is 3.08. The number of benzene rings is 2. The number of amides is 1. The van der Waals surface area contributed by atoms with Gasteiger partial charge in [0.05, 0.1) is 11.4 Å². The van der Waals surface area contributed by atoms with Crippen LogP contribution < -0.4 is 0 Å². The Balaban J connectivity index is 1.74. The summed E-state index contributed by atoms with van der Waals surface area (Å²) in [6.45, 7) is 3.00. The minimum atomic E-state index is -3.70. The van der Waals surface area contributed by atoms with Gasteiger partial charge in [-0.1, -0.05) is 47.1 Å². The SMILES string of the molecule is CCN(CC(=O)N1CCc2ccccc2C1)S(=O)(=O)c1ccc(Br)cc1. The normalized spacial score (nSPS) is 14.3.